The summed E-state index contributed by atoms with van der Waals surface area (Å²) < 4.78 is 44.9. The molecular weight excluding hydrogens is 761 g/mol. The fourth-order valence-electron chi connectivity index (χ4n) is 7.50. The number of amides is 1. The average Bonchev–Trinajstić information content (AvgIpc) is 3.68. The molecule has 4 unspecified atom stereocenters. The van der Waals surface area contributed by atoms with Crippen molar-refractivity contribution >= 4 is 27.0 Å². The molecule has 6 aromatic carbocycles. The molecule has 0 bridgehead atoms. The van der Waals surface area contributed by atoms with E-state index in [4.69, 9.17) is 9.47 Å². The van der Waals surface area contributed by atoms with E-state index in [2.05, 4.69) is 25.7 Å². The number of hydrogen-bond donors (Lipinski definition) is 3. The van der Waals surface area contributed by atoms with Crippen molar-refractivity contribution in [2.24, 2.45) is 0 Å². The minimum Gasteiger partial charge on any atom is -0.392 e. The summed E-state index contributed by atoms with van der Waals surface area (Å²) in [4.78, 5) is 18.5. The summed E-state index contributed by atoms with van der Waals surface area (Å²) in [5, 5.41) is 12.6. The van der Waals surface area contributed by atoms with Crippen LogP contribution in [0.1, 0.15) is 52.2 Å². The zero-order valence-electron chi connectivity index (χ0n) is 32.6. The summed E-state index contributed by atoms with van der Waals surface area (Å²) in [5.74, 6) is -0.430. The molecule has 1 aliphatic rings. The number of carbonyl (C=O) groups excluding carboxylic acids is 1. The monoisotopic (exact) mass is 806 g/mol. The maximum absolute atomic E-state index is 13.8. The average molecular weight is 807 g/mol. The molecule has 3 N–H and O–H groups in total. The lowest BCUT2D eigenvalue weighted by Gasteiger charge is -2.36. The van der Waals surface area contributed by atoms with Gasteiger partial charge in [0.1, 0.15) is 6.04 Å². The molecule has 0 radical (unpaired) electrons. The third-order valence-corrected chi connectivity index (χ3v) is 12.2. The molecular formula is C48H46N4O6S. The standard InChI is InChI=1S/C48H46N4O6S/c1-33-15-25-41(26-16-33)59(55,56)51-44(27-34-9-3-2-4-10-34)47(54)49-29-39-11-5-6-12-42(39)36-21-23-38(24-22-36)48-57-40(30-52-32-50-43-13-7-8-14-45(43)52)28-46(58-48)37-19-17-35(31-53)18-20-37/h2-26,32,40,44,46,48,51,53H,27-31H2,1H3,(H,49,54). The molecule has 0 spiro atoms. The smallest absolute Gasteiger partial charge is 0.241 e. The zero-order chi connectivity index (χ0) is 40.8. The summed E-state index contributed by atoms with van der Waals surface area (Å²) in [7, 11) is -3.98. The number of aromatic nitrogens is 2. The summed E-state index contributed by atoms with van der Waals surface area (Å²) >= 11 is 0. The quantitative estimate of drug-likeness (QED) is 0.102. The molecule has 1 aromatic heterocycles. The highest BCUT2D eigenvalue weighted by molar-refractivity contribution is 7.89. The summed E-state index contributed by atoms with van der Waals surface area (Å²) in [6.07, 6.45) is 1.62. The second kappa shape index (κ2) is 17.9. The van der Waals surface area contributed by atoms with Gasteiger partial charge in [-0.15, -0.1) is 0 Å². The number of ether oxygens (including phenoxy) is 2. The number of fused-ring (bicyclic) bond motifs is 1. The van der Waals surface area contributed by atoms with Gasteiger partial charge in [-0.2, -0.15) is 4.72 Å². The molecule has 8 rings (SSSR count). The van der Waals surface area contributed by atoms with Crippen molar-refractivity contribution < 1.29 is 27.8 Å². The molecule has 1 fully saturated rings. The predicted octanol–water partition coefficient (Wildman–Crippen LogP) is 7.96. The van der Waals surface area contributed by atoms with Crippen LogP contribution in [0, 0.1) is 6.92 Å². The minimum absolute atomic E-state index is 0.0272. The molecule has 1 saturated heterocycles. The van der Waals surface area contributed by atoms with Crippen molar-refractivity contribution in [3.63, 3.8) is 0 Å². The number of rotatable bonds is 14. The number of carbonyl (C=O) groups is 1. The van der Waals surface area contributed by atoms with Crippen LogP contribution in [-0.4, -0.2) is 41.1 Å². The van der Waals surface area contributed by atoms with E-state index in [0.717, 1.165) is 55.5 Å². The highest BCUT2D eigenvalue weighted by atomic mass is 32.2. The van der Waals surface area contributed by atoms with Crippen LogP contribution in [0.5, 0.6) is 0 Å². The predicted molar refractivity (Wildman–Crippen MR) is 227 cm³/mol. The Morgan fingerprint density at radius 2 is 1.49 bits per heavy atom. The highest BCUT2D eigenvalue weighted by Crippen LogP contribution is 2.39. The van der Waals surface area contributed by atoms with Crippen LogP contribution in [-0.2, 0) is 50.4 Å². The van der Waals surface area contributed by atoms with Crippen LogP contribution < -0.4 is 10.0 Å². The normalized spacial score (nSPS) is 17.4. The van der Waals surface area contributed by atoms with Crippen LogP contribution in [0.4, 0.5) is 0 Å². The van der Waals surface area contributed by atoms with E-state index in [-0.39, 0.29) is 36.7 Å². The van der Waals surface area contributed by atoms with Gasteiger partial charge in [-0.1, -0.05) is 133 Å². The fourth-order valence-corrected chi connectivity index (χ4v) is 8.70. The Labute approximate surface area is 344 Å². The first-order valence-electron chi connectivity index (χ1n) is 19.7. The van der Waals surface area contributed by atoms with E-state index in [1.54, 1.807) is 24.3 Å². The van der Waals surface area contributed by atoms with Crippen molar-refractivity contribution in [3.8, 4) is 11.1 Å². The van der Waals surface area contributed by atoms with Gasteiger partial charge in [-0.05, 0) is 71.0 Å². The first-order valence-corrected chi connectivity index (χ1v) is 21.2. The topological polar surface area (TPSA) is 132 Å². The summed E-state index contributed by atoms with van der Waals surface area (Å²) in [5.41, 5.74) is 9.18. The van der Waals surface area contributed by atoms with Crippen LogP contribution in [0.15, 0.2) is 163 Å². The summed E-state index contributed by atoms with van der Waals surface area (Å²) in [6, 6.07) is 46.6. The van der Waals surface area contributed by atoms with E-state index in [1.807, 2.05) is 135 Å². The van der Waals surface area contributed by atoms with Crippen LogP contribution >= 0.6 is 0 Å². The third-order valence-electron chi connectivity index (χ3n) is 10.7. The molecule has 4 atom stereocenters. The number of benzene rings is 6. The highest BCUT2D eigenvalue weighted by Gasteiger charge is 2.33. The van der Waals surface area contributed by atoms with E-state index in [0.29, 0.717) is 13.0 Å². The number of hydrogen-bond acceptors (Lipinski definition) is 7. The van der Waals surface area contributed by atoms with E-state index >= 15 is 0 Å². The Kier molecular flexibility index (Phi) is 12.1. The number of aliphatic hydroxyl groups is 1. The fraction of sp³-hybridized carbons (Fsp3) is 0.208. The summed E-state index contributed by atoms with van der Waals surface area (Å²) in [6.45, 7) is 2.65. The number of nitrogens with one attached hydrogen (secondary N) is 2. The second-order valence-electron chi connectivity index (χ2n) is 14.9. The largest absolute Gasteiger partial charge is 0.392 e. The van der Waals surface area contributed by atoms with Crippen molar-refractivity contribution in [1.82, 2.24) is 19.6 Å². The number of nitrogens with zero attached hydrogens (tertiary/aromatic N) is 2. The zero-order valence-corrected chi connectivity index (χ0v) is 33.5. The van der Waals surface area contributed by atoms with Gasteiger partial charge in [-0.25, -0.2) is 13.4 Å². The molecule has 0 saturated carbocycles. The Hall–Kier alpha value is -5.95. The maximum atomic E-state index is 13.8. The lowest BCUT2D eigenvalue weighted by Crippen LogP contribution is -2.47. The van der Waals surface area contributed by atoms with Gasteiger partial charge < -0.3 is 24.5 Å². The van der Waals surface area contributed by atoms with E-state index < -0.39 is 28.3 Å². The number of aliphatic hydroxyl groups excluding tert-OH is 1. The Morgan fingerprint density at radius 1 is 0.797 bits per heavy atom. The van der Waals surface area contributed by atoms with Crippen molar-refractivity contribution in [1.29, 1.82) is 0 Å². The first-order chi connectivity index (χ1) is 28.7. The van der Waals surface area contributed by atoms with Crippen molar-refractivity contribution in [3.05, 3.63) is 191 Å². The molecule has 2 heterocycles. The number of para-hydroxylation sites is 2. The SMILES string of the molecule is Cc1ccc(S(=O)(=O)NC(Cc2ccccc2)C(=O)NCc2ccccc2-c2ccc(C3OC(Cn4cnc5ccccc54)CC(c4ccc(CO)cc4)O3)cc2)cc1. The molecule has 1 amide bonds. The van der Waals surface area contributed by atoms with Crippen molar-refractivity contribution in [2.45, 2.75) is 68.9 Å². The van der Waals surface area contributed by atoms with Crippen LogP contribution in [0.2, 0.25) is 0 Å². The lowest BCUT2D eigenvalue weighted by molar-refractivity contribution is -0.252. The Bertz CT molecular complexity index is 2610. The van der Waals surface area contributed by atoms with Crippen molar-refractivity contribution in [2.75, 3.05) is 0 Å². The molecule has 1 aliphatic heterocycles. The number of sulfonamides is 1. The third kappa shape index (κ3) is 9.52. The molecule has 0 aliphatic carbocycles. The molecule has 300 valence electrons. The van der Waals surface area contributed by atoms with Crippen LogP contribution in [0.25, 0.3) is 22.2 Å². The molecule has 10 nitrogen and oxygen atoms in total. The van der Waals surface area contributed by atoms with Gasteiger partial charge in [0.2, 0.25) is 15.9 Å². The van der Waals surface area contributed by atoms with E-state index in [9.17, 15) is 18.3 Å². The second-order valence-corrected chi connectivity index (χ2v) is 16.6. The molecule has 59 heavy (non-hydrogen) atoms. The van der Waals surface area contributed by atoms with Gasteiger partial charge in [-0.3, -0.25) is 4.79 Å². The van der Waals surface area contributed by atoms with Crippen LogP contribution in [0.3, 0.4) is 0 Å². The van der Waals surface area contributed by atoms with Gasteiger partial charge in [0.05, 0.1) is 47.6 Å². The number of imidazole rings is 1. The van der Waals surface area contributed by atoms with Gasteiger partial charge in [0.15, 0.2) is 6.29 Å². The number of aryl methyl sites for hydroxylation is 1. The van der Waals surface area contributed by atoms with Gasteiger partial charge in [0, 0.05) is 18.5 Å². The van der Waals surface area contributed by atoms with Gasteiger partial charge in [0.25, 0.3) is 0 Å². The van der Waals surface area contributed by atoms with Gasteiger partial charge >= 0.3 is 0 Å². The maximum Gasteiger partial charge on any atom is 0.241 e. The molecule has 7 aromatic rings. The molecule has 11 heteroatoms. The lowest BCUT2D eigenvalue weighted by atomic mass is 9.97. The first kappa shape index (κ1) is 39.9. The minimum atomic E-state index is -3.98. The Morgan fingerprint density at radius 3 is 2.25 bits per heavy atom. The van der Waals surface area contributed by atoms with E-state index in [1.165, 1.54) is 0 Å². The Balaban J connectivity index is 0.997.